The minimum atomic E-state index is -0.547. The monoisotopic (exact) mass is 439 g/mol. The molecule has 6 nitrogen and oxygen atoms in total. The summed E-state index contributed by atoms with van der Waals surface area (Å²) in [6, 6.07) is 3.94. The van der Waals surface area contributed by atoms with Crippen LogP contribution >= 0.6 is 11.8 Å². The normalized spacial score (nSPS) is 28.2. The number of nitrogens with zero attached hydrogens (tertiary/aromatic N) is 3. The Labute approximate surface area is 181 Å². The summed E-state index contributed by atoms with van der Waals surface area (Å²) in [5.41, 5.74) is 0.600. The number of halogens is 2. The van der Waals surface area contributed by atoms with Crippen LogP contribution < -0.4 is 15.5 Å². The molecule has 1 aromatic carbocycles. The summed E-state index contributed by atoms with van der Waals surface area (Å²) < 4.78 is 32.9. The van der Waals surface area contributed by atoms with Crippen LogP contribution in [-0.4, -0.2) is 86.9 Å². The molecule has 9 heteroatoms. The first-order valence-electron chi connectivity index (χ1n) is 10.7. The highest BCUT2D eigenvalue weighted by Gasteiger charge is 2.40. The summed E-state index contributed by atoms with van der Waals surface area (Å²) in [4.78, 5) is 8.95. The molecule has 3 aliphatic rings. The maximum Gasteiger partial charge on any atom is 0.191 e. The number of hydrogen-bond donors (Lipinski definition) is 2. The molecule has 0 amide bonds. The van der Waals surface area contributed by atoms with Crippen molar-refractivity contribution in [3.05, 3.63) is 29.8 Å². The summed E-state index contributed by atoms with van der Waals surface area (Å²) in [7, 11) is 1.78. The van der Waals surface area contributed by atoms with Crippen molar-refractivity contribution in [2.24, 2.45) is 4.99 Å². The number of benzene rings is 1. The van der Waals surface area contributed by atoms with Crippen LogP contribution in [0, 0.1) is 11.6 Å². The Morgan fingerprint density at radius 2 is 2.13 bits per heavy atom. The van der Waals surface area contributed by atoms with E-state index in [1.54, 1.807) is 7.05 Å². The molecule has 2 N–H and O–H groups in total. The molecule has 0 spiro atoms. The van der Waals surface area contributed by atoms with Crippen molar-refractivity contribution in [3.8, 4) is 0 Å². The SMILES string of the molecule is CN=C(NCC1(N2CCOCC2)CCSC1)NC1CCN(c2ccc(F)cc2F)C1. The molecule has 0 saturated carbocycles. The molecule has 0 aromatic heterocycles. The Hall–Kier alpha value is -1.58. The van der Waals surface area contributed by atoms with E-state index in [1.165, 1.54) is 24.3 Å². The topological polar surface area (TPSA) is 52.1 Å². The van der Waals surface area contributed by atoms with Crippen molar-refractivity contribution in [1.29, 1.82) is 0 Å². The van der Waals surface area contributed by atoms with Crippen molar-refractivity contribution in [3.63, 3.8) is 0 Å². The first kappa shape index (κ1) is 21.6. The van der Waals surface area contributed by atoms with E-state index in [-0.39, 0.29) is 11.6 Å². The third-order valence-corrected chi connectivity index (χ3v) is 7.59. The summed E-state index contributed by atoms with van der Waals surface area (Å²) in [5.74, 6) is 2.04. The maximum absolute atomic E-state index is 14.1. The van der Waals surface area contributed by atoms with Crippen molar-refractivity contribution in [2.75, 3.05) is 69.4 Å². The van der Waals surface area contributed by atoms with Gasteiger partial charge in [0.05, 0.1) is 18.9 Å². The molecular weight excluding hydrogens is 408 g/mol. The number of anilines is 1. The van der Waals surface area contributed by atoms with Crippen molar-refractivity contribution < 1.29 is 13.5 Å². The van der Waals surface area contributed by atoms with E-state index in [0.717, 1.165) is 63.6 Å². The number of morpholine rings is 1. The van der Waals surface area contributed by atoms with Gasteiger partial charge in [-0.25, -0.2) is 8.78 Å². The zero-order chi connectivity index (χ0) is 21.0. The van der Waals surface area contributed by atoms with E-state index >= 15 is 0 Å². The highest BCUT2D eigenvalue weighted by molar-refractivity contribution is 7.99. The van der Waals surface area contributed by atoms with Crippen LogP contribution in [0.15, 0.2) is 23.2 Å². The van der Waals surface area contributed by atoms with Gasteiger partial charge in [-0.05, 0) is 30.7 Å². The summed E-state index contributed by atoms with van der Waals surface area (Å²) >= 11 is 2.02. The predicted molar refractivity (Wildman–Crippen MR) is 119 cm³/mol. The number of hydrogen-bond acceptors (Lipinski definition) is 5. The minimum absolute atomic E-state index is 0.144. The third kappa shape index (κ3) is 4.84. The van der Waals surface area contributed by atoms with Gasteiger partial charge in [0.2, 0.25) is 0 Å². The van der Waals surface area contributed by atoms with E-state index in [9.17, 15) is 8.78 Å². The first-order chi connectivity index (χ1) is 14.6. The van der Waals surface area contributed by atoms with Crippen LogP contribution in [0.1, 0.15) is 12.8 Å². The number of nitrogens with one attached hydrogen (secondary N) is 2. The lowest BCUT2D eigenvalue weighted by Gasteiger charge is -2.43. The van der Waals surface area contributed by atoms with Crippen molar-refractivity contribution >= 4 is 23.4 Å². The molecule has 166 valence electrons. The van der Waals surface area contributed by atoms with Gasteiger partial charge >= 0.3 is 0 Å². The van der Waals surface area contributed by atoms with Gasteiger partial charge in [0, 0.05) is 63.2 Å². The molecular formula is C21H31F2N5OS. The fraction of sp³-hybridized carbons (Fsp3) is 0.667. The Morgan fingerprint density at radius 3 is 2.83 bits per heavy atom. The van der Waals surface area contributed by atoms with E-state index in [2.05, 4.69) is 20.5 Å². The third-order valence-electron chi connectivity index (χ3n) is 6.35. The summed E-state index contributed by atoms with van der Waals surface area (Å²) in [6.07, 6.45) is 2.05. The van der Waals surface area contributed by atoms with Gasteiger partial charge < -0.3 is 20.3 Å². The number of guanidine groups is 1. The lowest BCUT2D eigenvalue weighted by molar-refractivity contribution is -0.0120. The molecule has 0 aliphatic carbocycles. The molecule has 2 unspecified atom stereocenters. The first-order valence-corrected chi connectivity index (χ1v) is 11.8. The molecule has 3 fully saturated rings. The average Bonchev–Trinajstić information content (AvgIpc) is 3.42. The minimum Gasteiger partial charge on any atom is -0.379 e. The lowest BCUT2D eigenvalue weighted by Crippen LogP contribution is -2.60. The highest BCUT2D eigenvalue weighted by Crippen LogP contribution is 2.33. The zero-order valence-corrected chi connectivity index (χ0v) is 18.3. The second kappa shape index (κ2) is 9.70. The Balaban J connectivity index is 1.32. The van der Waals surface area contributed by atoms with Gasteiger partial charge in [0.15, 0.2) is 5.96 Å². The fourth-order valence-corrected chi connectivity index (χ4v) is 6.08. The Kier molecular flexibility index (Phi) is 7.00. The standard InChI is InChI=1S/C21H31F2N5OS/c1-24-20(25-14-21(5-11-30-15-21)28-7-9-29-10-8-28)26-17-4-6-27(13-17)19-3-2-16(22)12-18(19)23/h2-3,12,17H,4-11,13-15H2,1H3,(H2,24,25,26). The molecule has 2 atom stereocenters. The number of aliphatic imine (C=N–C) groups is 1. The summed E-state index contributed by atoms with van der Waals surface area (Å²) in [5, 5.41) is 7.04. The second-order valence-corrected chi connectivity index (χ2v) is 9.33. The van der Waals surface area contributed by atoms with Gasteiger partial charge in [0.25, 0.3) is 0 Å². The molecule has 3 heterocycles. The average molecular weight is 440 g/mol. The molecule has 3 saturated heterocycles. The smallest absolute Gasteiger partial charge is 0.191 e. The summed E-state index contributed by atoms with van der Waals surface area (Å²) in [6.45, 7) is 5.81. The van der Waals surface area contributed by atoms with Crippen LogP contribution in [0.5, 0.6) is 0 Å². The highest BCUT2D eigenvalue weighted by atomic mass is 32.2. The molecule has 4 rings (SSSR count). The number of ether oxygens (including phenoxy) is 1. The molecule has 0 radical (unpaired) electrons. The number of rotatable bonds is 5. The fourth-order valence-electron chi connectivity index (χ4n) is 4.61. The predicted octanol–water partition coefficient (Wildman–Crippen LogP) is 1.92. The van der Waals surface area contributed by atoms with Gasteiger partial charge in [-0.1, -0.05) is 0 Å². The lowest BCUT2D eigenvalue weighted by atomic mass is 9.95. The van der Waals surface area contributed by atoms with E-state index in [1.807, 2.05) is 16.7 Å². The van der Waals surface area contributed by atoms with Crippen LogP contribution in [0.2, 0.25) is 0 Å². The van der Waals surface area contributed by atoms with Crippen LogP contribution in [-0.2, 0) is 4.74 Å². The van der Waals surface area contributed by atoms with Gasteiger partial charge in [-0.15, -0.1) is 0 Å². The maximum atomic E-state index is 14.1. The molecule has 3 aliphatic heterocycles. The molecule has 1 aromatic rings. The van der Waals surface area contributed by atoms with E-state index < -0.39 is 11.6 Å². The van der Waals surface area contributed by atoms with Gasteiger partial charge in [0.1, 0.15) is 11.6 Å². The largest absolute Gasteiger partial charge is 0.379 e. The van der Waals surface area contributed by atoms with Gasteiger partial charge in [-0.2, -0.15) is 11.8 Å². The van der Waals surface area contributed by atoms with E-state index in [0.29, 0.717) is 12.2 Å². The van der Waals surface area contributed by atoms with Crippen LogP contribution in [0.3, 0.4) is 0 Å². The molecule has 0 bridgehead atoms. The van der Waals surface area contributed by atoms with Crippen LogP contribution in [0.25, 0.3) is 0 Å². The zero-order valence-electron chi connectivity index (χ0n) is 17.5. The van der Waals surface area contributed by atoms with Crippen molar-refractivity contribution in [2.45, 2.75) is 24.4 Å². The Morgan fingerprint density at radius 1 is 1.30 bits per heavy atom. The van der Waals surface area contributed by atoms with E-state index in [4.69, 9.17) is 4.74 Å². The van der Waals surface area contributed by atoms with Gasteiger partial charge in [-0.3, -0.25) is 9.89 Å². The second-order valence-electron chi connectivity index (χ2n) is 8.22. The number of thioether (sulfide) groups is 1. The van der Waals surface area contributed by atoms with Crippen molar-refractivity contribution in [1.82, 2.24) is 15.5 Å². The Bertz CT molecular complexity index is 753. The quantitative estimate of drug-likeness (QED) is 0.540. The molecule has 30 heavy (non-hydrogen) atoms. The van der Waals surface area contributed by atoms with Crippen LogP contribution in [0.4, 0.5) is 14.5 Å².